The van der Waals surface area contributed by atoms with Crippen molar-refractivity contribution in [3.8, 4) is 0 Å². The van der Waals surface area contributed by atoms with Crippen molar-refractivity contribution in [2.24, 2.45) is 0 Å². The molecule has 21 heavy (non-hydrogen) atoms. The Kier molecular flexibility index (Phi) is 2.50. The first-order valence-corrected chi connectivity index (χ1v) is 6.67. The first kappa shape index (κ1) is 12.8. The molecule has 4 rings (SSSR count). The van der Waals surface area contributed by atoms with Gasteiger partial charge in [-0.2, -0.15) is 4.39 Å². The second kappa shape index (κ2) is 4.08. The molecule has 0 radical (unpaired) electrons. The molecule has 2 aliphatic rings. The van der Waals surface area contributed by atoms with E-state index in [1.807, 2.05) is 26.0 Å². The molecule has 110 valence electrons. The molecule has 5 nitrogen and oxygen atoms in total. The van der Waals surface area contributed by atoms with Crippen LogP contribution in [0.2, 0.25) is 0 Å². The van der Waals surface area contributed by atoms with Crippen LogP contribution in [0.5, 0.6) is 0 Å². The van der Waals surface area contributed by atoms with Crippen molar-refractivity contribution >= 4 is 11.0 Å². The summed E-state index contributed by atoms with van der Waals surface area (Å²) in [6.45, 7) is 3.65. The molecule has 2 aromatic rings. The maximum Gasteiger partial charge on any atom is 0.241 e. The third kappa shape index (κ3) is 1.81. The van der Waals surface area contributed by atoms with Crippen LogP contribution >= 0.6 is 0 Å². The molecule has 0 aromatic carbocycles. The minimum Gasteiger partial charge on any atom is -0.342 e. The van der Waals surface area contributed by atoms with Gasteiger partial charge in [-0.1, -0.05) is 12.2 Å². The number of imidazole rings is 1. The van der Waals surface area contributed by atoms with Crippen LogP contribution in [0.3, 0.4) is 0 Å². The summed E-state index contributed by atoms with van der Waals surface area (Å²) in [6, 6.07) is -0.293. The molecule has 1 fully saturated rings. The number of fused-ring (bicyclic) bond motifs is 2. The lowest BCUT2D eigenvalue weighted by molar-refractivity contribution is -0.146. The Morgan fingerprint density at radius 2 is 2.00 bits per heavy atom. The molecular formula is C14H13F2N3O2. The Bertz CT molecular complexity index is 756. The Balaban J connectivity index is 1.82. The first-order chi connectivity index (χ1) is 9.96. The largest absolute Gasteiger partial charge is 0.342 e. The average molecular weight is 293 g/mol. The number of aromatic nitrogens is 3. The van der Waals surface area contributed by atoms with E-state index in [2.05, 4.69) is 9.97 Å². The fourth-order valence-electron chi connectivity index (χ4n) is 3.02. The van der Waals surface area contributed by atoms with Gasteiger partial charge in [0.2, 0.25) is 5.95 Å². The second-order valence-electron chi connectivity index (χ2n) is 5.69. The first-order valence-electron chi connectivity index (χ1n) is 6.67. The van der Waals surface area contributed by atoms with Gasteiger partial charge in [0.1, 0.15) is 23.2 Å². The van der Waals surface area contributed by atoms with Gasteiger partial charge in [-0.3, -0.25) is 0 Å². The zero-order chi connectivity index (χ0) is 14.8. The summed E-state index contributed by atoms with van der Waals surface area (Å²) in [7, 11) is 0. The van der Waals surface area contributed by atoms with Gasteiger partial charge < -0.3 is 14.0 Å². The lowest BCUT2D eigenvalue weighted by Crippen LogP contribution is -2.27. The van der Waals surface area contributed by atoms with Crippen molar-refractivity contribution in [3.63, 3.8) is 0 Å². The smallest absolute Gasteiger partial charge is 0.241 e. The predicted octanol–water partition coefficient (Wildman–Crippen LogP) is 2.34. The number of nitrogens with zero attached hydrogens (tertiary/aromatic N) is 3. The van der Waals surface area contributed by atoms with Crippen LogP contribution in [0.25, 0.3) is 11.0 Å². The highest BCUT2D eigenvalue weighted by atomic mass is 19.1. The molecule has 1 saturated heterocycles. The molecule has 3 heterocycles. The van der Waals surface area contributed by atoms with E-state index in [1.165, 1.54) is 6.33 Å². The molecule has 1 aliphatic carbocycles. The second-order valence-corrected chi connectivity index (χ2v) is 5.69. The number of rotatable bonds is 1. The molecule has 3 atom stereocenters. The van der Waals surface area contributed by atoms with Crippen LogP contribution in [-0.2, 0) is 9.47 Å². The Morgan fingerprint density at radius 1 is 1.19 bits per heavy atom. The monoisotopic (exact) mass is 293 g/mol. The van der Waals surface area contributed by atoms with Crippen molar-refractivity contribution in [2.75, 3.05) is 0 Å². The molecule has 0 unspecified atom stereocenters. The molecule has 0 bridgehead atoms. The van der Waals surface area contributed by atoms with E-state index < -0.39 is 17.6 Å². The molecule has 0 amide bonds. The fraction of sp³-hybridized carbons (Fsp3) is 0.429. The quantitative estimate of drug-likeness (QED) is 0.598. The van der Waals surface area contributed by atoms with Crippen LogP contribution in [0.15, 0.2) is 24.7 Å². The summed E-state index contributed by atoms with van der Waals surface area (Å²) < 4.78 is 40.8. The van der Waals surface area contributed by atoms with E-state index in [-0.39, 0.29) is 29.3 Å². The van der Waals surface area contributed by atoms with E-state index >= 15 is 0 Å². The van der Waals surface area contributed by atoms with Gasteiger partial charge in [0.05, 0.1) is 18.6 Å². The van der Waals surface area contributed by atoms with E-state index in [9.17, 15) is 8.78 Å². The zero-order valence-corrected chi connectivity index (χ0v) is 11.5. The van der Waals surface area contributed by atoms with Gasteiger partial charge in [-0.05, 0) is 13.8 Å². The fourth-order valence-corrected chi connectivity index (χ4v) is 3.02. The zero-order valence-electron chi connectivity index (χ0n) is 11.5. The van der Waals surface area contributed by atoms with Crippen LogP contribution in [-0.4, -0.2) is 32.5 Å². The van der Waals surface area contributed by atoms with Gasteiger partial charge in [-0.25, -0.2) is 14.4 Å². The van der Waals surface area contributed by atoms with Gasteiger partial charge in [0.25, 0.3) is 0 Å². The van der Waals surface area contributed by atoms with Crippen molar-refractivity contribution < 1.29 is 18.3 Å². The summed E-state index contributed by atoms with van der Waals surface area (Å²) in [6.07, 6.45) is 5.53. The summed E-state index contributed by atoms with van der Waals surface area (Å²) in [5, 5.41) is 0. The highest BCUT2D eigenvalue weighted by Gasteiger charge is 2.47. The highest BCUT2D eigenvalue weighted by Crippen LogP contribution is 2.40. The molecular weight excluding hydrogens is 280 g/mol. The van der Waals surface area contributed by atoms with Gasteiger partial charge >= 0.3 is 0 Å². The number of halogens is 2. The molecule has 1 aliphatic heterocycles. The summed E-state index contributed by atoms with van der Waals surface area (Å²) in [5.41, 5.74) is 0.0103. The van der Waals surface area contributed by atoms with E-state index in [0.29, 0.717) is 0 Å². The van der Waals surface area contributed by atoms with Gasteiger partial charge in [0, 0.05) is 0 Å². The third-order valence-electron chi connectivity index (χ3n) is 3.83. The number of pyridine rings is 1. The van der Waals surface area contributed by atoms with Crippen molar-refractivity contribution in [2.45, 2.75) is 37.9 Å². The minimum absolute atomic E-state index is 0.0787. The molecule has 2 aromatic heterocycles. The van der Waals surface area contributed by atoms with Crippen molar-refractivity contribution in [3.05, 3.63) is 36.4 Å². The molecule has 0 saturated carbocycles. The Morgan fingerprint density at radius 3 is 2.81 bits per heavy atom. The molecule has 0 spiro atoms. The Labute approximate surface area is 119 Å². The summed E-state index contributed by atoms with van der Waals surface area (Å²) in [4.78, 5) is 7.27. The van der Waals surface area contributed by atoms with Crippen LogP contribution in [0.1, 0.15) is 19.9 Å². The van der Waals surface area contributed by atoms with E-state index in [1.54, 1.807) is 4.57 Å². The molecule has 0 N–H and O–H groups in total. The van der Waals surface area contributed by atoms with Crippen LogP contribution < -0.4 is 0 Å². The third-order valence-corrected chi connectivity index (χ3v) is 3.83. The maximum absolute atomic E-state index is 14.0. The normalized spacial score (nSPS) is 30.2. The lowest BCUT2D eigenvalue weighted by Gasteiger charge is -2.22. The van der Waals surface area contributed by atoms with E-state index in [4.69, 9.17) is 9.47 Å². The number of hydrogen-bond acceptors (Lipinski definition) is 4. The Hall–Kier alpha value is -1.86. The predicted molar refractivity (Wildman–Crippen MR) is 69.4 cm³/mol. The number of ether oxygens (including phenoxy) is 2. The summed E-state index contributed by atoms with van der Waals surface area (Å²) >= 11 is 0. The minimum atomic E-state index is -0.785. The van der Waals surface area contributed by atoms with Crippen LogP contribution in [0, 0.1) is 11.8 Å². The van der Waals surface area contributed by atoms with E-state index in [0.717, 1.165) is 6.20 Å². The standard InChI is InChI=1S/C14H13F2N3O2/c1-14(2)20-9-4-3-8(12(9)21-14)19-6-18-10-11(19)7(15)5-17-13(10)16/h3-6,8-9,12H,1-2H3/t8-,9-,12+/m1/s1. The highest BCUT2D eigenvalue weighted by molar-refractivity contribution is 5.75. The van der Waals surface area contributed by atoms with Crippen molar-refractivity contribution in [1.29, 1.82) is 0 Å². The van der Waals surface area contributed by atoms with Crippen molar-refractivity contribution in [1.82, 2.24) is 14.5 Å². The lowest BCUT2D eigenvalue weighted by atomic mass is 10.2. The summed E-state index contributed by atoms with van der Waals surface area (Å²) in [5.74, 6) is -2.09. The number of hydrogen-bond donors (Lipinski definition) is 0. The topological polar surface area (TPSA) is 49.2 Å². The van der Waals surface area contributed by atoms with Gasteiger partial charge in [-0.15, -0.1) is 0 Å². The average Bonchev–Trinajstić information content (AvgIpc) is 3.05. The maximum atomic E-state index is 14.0. The molecule has 7 heteroatoms. The van der Waals surface area contributed by atoms with Crippen LogP contribution in [0.4, 0.5) is 8.78 Å². The van der Waals surface area contributed by atoms with Gasteiger partial charge in [0.15, 0.2) is 11.6 Å². The SMILES string of the molecule is CC1(C)O[C@H]2[C@H](n3cnc4c(F)ncc(F)c43)C=C[C@H]2O1.